The molecule has 1 unspecified atom stereocenters. The minimum absolute atomic E-state index is 0.593. The highest BCUT2D eigenvalue weighted by atomic mass is 79.9. The second-order valence-electron chi connectivity index (χ2n) is 3.16. The molecule has 0 saturated heterocycles. The van der Waals surface area contributed by atoms with Crippen LogP contribution >= 0.6 is 15.9 Å². The van der Waals surface area contributed by atoms with E-state index >= 15 is 0 Å². The Bertz CT molecular complexity index is 318. The van der Waals surface area contributed by atoms with E-state index in [9.17, 15) is 0 Å². The molecule has 1 aliphatic heterocycles. The van der Waals surface area contributed by atoms with E-state index in [4.69, 9.17) is 4.42 Å². The van der Waals surface area contributed by atoms with Crippen molar-refractivity contribution in [3.63, 3.8) is 0 Å². The van der Waals surface area contributed by atoms with Crippen molar-refractivity contribution in [2.45, 2.75) is 25.4 Å². The van der Waals surface area contributed by atoms with Gasteiger partial charge in [0.1, 0.15) is 5.76 Å². The first-order valence-electron chi connectivity index (χ1n) is 3.89. The SMILES string of the molecule is Brc1oc2c3c1CNC3CC2. The molecule has 1 aromatic rings. The van der Waals surface area contributed by atoms with Gasteiger partial charge in [0, 0.05) is 30.1 Å². The maximum absolute atomic E-state index is 5.56. The van der Waals surface area contributed by atoms with Crippen molar-refractivity contribution in [1.29, 1.82) is 0 Å². The summed E-state index contributed by atoms with van der Waals surface area (Å²) in [5.41, 5.74) is 2.79. The Labute approximate surface area is 73.1 Å². The van der Waals surface area contributed by atoms with E-state index in [1.165, 1.54) is 23.3 Å². The van der Waals surface area contributed by atoms with Gasteiger partial charge in [-0.2, -0.15) is 0 Å². The van der Waals surface area contributed by atoms with E-state index in [0.717, 1.165) is 17.6 Å². The van der Waals surface area contributed by atoms with Crippen LogP contribution in [0.1, 0.15) is 29.3 Å². The summed E-state index contributed by atoms with van der Waals surface area (Å²) in [6.45, 7) is 0.976. The first-order valence-corrected chi connectivity index (χ1v) is 4.69. The number of halogens is 1. The summed E-state index contributed by atoms with van der Waals surface area (Å²) in [5.74, 6) is 1.20. The van der Waals surface area contributed by atoms with E-state index in [1.807, 2.05) is 0 Å². The molecular weight excluding hydrogens is 206 g/mol. The molecule has 0 radical (unpaired) electrons. The largest absolute Gasteiger partial charge is 0.454 e. The van der Waals surface area contributed by atoms with Gasteiger partial charge in [-0.25, -0.2) is 0 Å². The number of hydrogen-bond acceptors (Lipinski definition) is 2. The fourth-order valence-electron chi connectivity index (χ4n) is 2.10. The normalized spacial score (nSPS) is 26.1. The van der Waals surface area contributed by atoms with Gasteiger partial charge < -0.3 is 9.73 Å². The first kappa shape index (κ1) is 6.26. The van der Waals surface area contributed by atoms with E-state index in [1.54, 1.807) is 0 Å². The van der Waals surface area contributed by atoms with Gasteiger partial charge in [-0.1, -0.05) is 0 Å². The smallest absolute Gasteiger partial charge is 0.174 e. The highest BCUT2D eigenvalue weighted by Crippen LogP contribution is 2.43. The summed E-state index contributed by atoms with van der Waals surface area (Å²) in [4.78, 5) is 0. The Morgan fingerprint density at radius 3 is 3.36 bits per heavy atom. The van der Waals surface area contributed by atoms with Gasteiger partial charge in [-0.15, -0.1) is 0 Å². The maximum Gasteiger partial charge on any atom is 0.174 e. The minimum atomic E-state index is 0.593. The third-order valence-electron chi connectivity index (χ3n) is 2.61. The van der Waals surface area contributed by atoms with Gasteiger partial charge in [0.15, 0.2) is 4.67 Å². The molecule has 1 aliphatic carbocycles. The van der Waals surface area contributed by atoms with E-state index in [2.05, 4.69) is 21.2 Å². The van der Waals surface area contributed by atoms with Gasteiger partial charge in [-0.05, 0) is 22.4 Å². The number of nitrogens with one attached hydrogen (secondary N) is 1. The quantitative estimate of drug-likeness (QED) is 0.715. The lowest BCUT2D eigenvalue weighted by Crippen LogP contribution is -2.08. The van der Waals surface area contributed by atoms with Crippen molar-refractivity contribution < 1.29 is 4.42 Å². The van der Waals surface area contributed by atoms with E-state index in [0.29, 0.717) is 6.04 Å². The maximum atomic E-state index is 5.56. The highest BCUT2D eigenvalue weighted by Gasteiger charge is 2.35. The first-order chi connectivity index (χ1) is 5.36. The Morgan fingerprint density at radius 1 is 1.55 bits per heavy atom. The zero-order valence-electron chi connectivity index (χ0n) is 5.98. The van der Waals surface area contributed by atoms with Crippen LogP contribution in [0.15, 0.2) is 9.09 Å². The van der Waals surface area contributed by atoms with E-state index in [-0.39, 0.29) is 0 Å². The molecule has 0 saturated carbocycles. The van der Waals surface area contributed by atoms with Crippen LogP contribution in [0.3, 0.4) is 0 Å². The molecule has 0 aromatic carbocycles. The van der Waals surface area contributed by atoms with Crippen LogP contribution in [0.5, 0.6) is 0 Å². The fraction of sp³-hybridized carbons (Fsp3) is 0.500. The Balaban J connectivity index is 2.31. The molecule has 2 heterocycles. The number of furan rings is 1. The van der Waals surface area contributed by atoms with Crippen LogP contribution < -0.4 is 5.32 Å². The predicted molar refractivity (Wildman–Crippen MR) is 44.3 cm³/mol. The molecule has 3 rings (SSSR count). The average Bonchev–Trinajstić information content (AvgIpc) is 2.53. The van der Waals surface area contributed by atoms with Gasteiger partial charge >= 0.3 is 0 Å². The fourth-order valence-corrected chi connectivity index (χ4v) is 2.65. The number of hydrogen-bond donors (Lipinski definition) is 1. The van der Waals surface area contributed by atoms with Crippen molar-refractivity contribution in [1.82, 2.24) is 5.32 Å². The lowest BCUT2D eigenvalue weighted by atomic mass is 10.2. The molecule has 2 aliphatic rings. The summed E-state index contributed by atoms with van der Waals surface area (Å²) in [6.07, 6.45) is 2.32. The van der Waals surface area contributed by atoms with Crippen LogP contribution in [-0.4, -0.2) is 0 Å². The molecule has 2 nitrogen and oxygen atoms in total. The number of aryl methyl sites for hydroxylation is 1. The van der Waals surface area contributed by atoms with Crippen molar-refractivity contribution >= 4 is 15.9 Å². The third-order valence-corrected chi connectivity index (χ3v) is 3.25. The second kappa shape index (κ2) is 1.90. The monoisotopic (exact) mass is 213 g/mol. The van der Waals surface area contributed by atoms with Crippen LogP contribution in [-0.2, 0) is 13.0 Å². The topological polar surface area (TPSA) is 25.2 Å². The minimum Gasteiger partial charge on any atom is -0.454 e. The van der Waals surface area contributed by atoms with E-state index < -0.39 is 0 Å². The molecular formula is C8H8BrNO. The lowest BCUT2D eigenvalue weighted by Gasteiger charge is -1.99. The standard InChI is InChI=1S/C8H8BrNO/c9-8-4-3-10-5-1-2-6(11-8)7(4)5/h5,10H,1-3H2. The molecule has 0 spiro atoms. The van der Waals surface area contributed by atoms with Crippen molar-refractivity contribution in [2.24, 2.45) is 0 Å². The lowest BCUT2D eigenvalue weighted by molar-refractivity contribution is 0.491. The number of rotatable bonds is 0. The Hall–Kier alpha value is -0.280. The zero-order valence-corrected chi connectivity index (χ0v) is 7.57. The van der Waals surface area contributed by atoms with Crippen molar-refractivity contribution in [2.75, 3.05) is 0 Å². The Morgan fingerprint density at radius 2 is 2.45 bits per heavy atom. The second-order valence-corrected chi connectivity index (χ2v) is 3.88. The van der Waals surface area contributed by atoms with Crippen molar-refractivity contribution in [3.05, 3.63) is 21.6 Å². The molecule has 1 atom stereocenters. The predicted octanol–water partition coefficient (Wildman–Crippen LogP) is 2.13. The molecule has 3 heteroatoms. The average molecular weight is 214 g/mol. The van der Waals surface area contributed by atoms with Crippen LogP contribution in [0.4, 0.5) is 0 Å². The molecule has 58 valence electrons. The molecule has 11 heavy (non-hydrogen) atoms. The molecule has 1 aromatic heterocycles. The molecule has 0 amide bonds. The third kappa shape index (κ3) is 0.656. The Kier molecular flexibility index (Phi) is 1.08. The summed E-state index contributed by atoms with van der Waals surface area (Å²) < 4.78 is 6.50. The summed E-state index contributed by atoms with van der Waals surface area (Å²) in [6, 6.07) is 0.593. The molecule has 0 fully saturated rings. The highest BCUT2D eigenvalue weighted by molar-refractivity contribution is 9.10. The molecule has 0 bridgehead atoms. The van der Waals surface area contributed by atoms with Gasteiger partial charge in [0.25, 0.3) is 0 Å². The van der Waals surface area contributed by atoms with Crippen LogP contribution in [0.2, 0.25) is 0 Å². The summed E-state index contributed by atoms with van der Waals surface area (Å²) in [7, 11) is 0. The zero-order chi connectivity index (χ0) is 7.42. The van der Waals surface area contributed by atoms with Gasteiger partial charge in [0.2, 0.25) is 0 Å². The molecule has 1 N–H and O–H groups in total. The summed E-state index contributed by atoms with van der Waals surface area (Å²) in [5, 5.41) is 3.45. The van der Waals surface area contributed by atoms with Crippen LogP contribution in [0, 0.1) is 0 Å². The summed E-state index contributed by atoms with van der Waals surface area (Å²) >= 11 is 3.42. The van der Waals surface area contributed by atoms with Crippen LogP contribution in [0.25, 0.3) is 0 Å². The van der Waals surface area contributed by atoms with Gasteiger partial charge in [0.05, 0.1) is 0 Å². The van der Waals surface area contributed by atoms with Crippen molar-refractivity contribution in [3.8, 4) is 0 Å². The van der Waals surface area contributed by atoms with Gasteiger partial charge in [-0.3, -0.25) is 0 Å².